The van der Waals surface area contributed by atoms with Crippen LogP contribution in [-0.4, -0.2) is 161 Å². The van der Waals surface area contributed by atoms with Gasteiger partial charge in [0.15, 0.2) is 0 Å². The molecule has 0 saturated carbocycles. The summed E-state index contributed by atoms with van der Waals surface area (Å²) in [5.74, 6) is 1.46. The van der Waals surface area contributed by atoms with Crippen LogP contribution in [0.3, 0.4) is 0 Å². The van der Waals surface area contributed by atoms with Crippen molar-refractivity contribution in [2.45, 2.75) is 231 Å². The fourth-order valence-corrected chi connectivity index (χ4v) is 12.2. The van der Waals surface area contributed by atoms with Crippen LogP contribution in [0.4, 0.5) is 17.8 Å². The first-order valence-electron chi connectivity index (χ1n) is 22.1. The van der Waals surface area contributed by atoms with E-state index < -0.39 is 44.3 Å². The van der Waals surface area contributed by atoms with Crippen molar-refractivity contribution >= 4 is 17.8 Å². The lowest BCUT2D eigenvalue weighted by atomic mass is 9.74. The summed E-state index contributed by atoms with van der Waals surface area (Å²) in [6.45, 7) is 34.5. The van der Waals surface area contributed by atoms with E-state index in [2.05, 4.69) is 121 Å². The molecule has 4 aliphatic heterocycles. The van der Waals surface area contributed by atoms with Crippen molar-refractivity contribution in [1.82, 2.24) is 35.2 Å². The monoisotopic (exact) mass is 839 g/mol. The van der Waals surface area contributed by atoms with Crippen molar-refractivity contribution in [1.29, 1.82) is 0 Å². The highest BCUT2D eigenvalue weighted by Crippen LogP contribution is 2.48. The summed E-state index contributed by atoms with van der Waals surface area (Å²) in [4.78, 5) is 23.0. The van der Waals surface area contributed by atoms with E-state index in [-0.39, 0.29) is 50.5 Å². The molecular weight excluding hydrogens is 753 g/mol. The molecule has 0 unspecified atom stereocenters. The van der Waals surface area contributed by atoms with Gasteiger partial charge in [0.1, 0.15) is 0 Å². The molecule has 4 aliphatic rings. The Balaban J connectivity index is 1.83. The number of hydroxylamine groups is 8. The minimum atomic E-state index is -0.459. The first kappa shape index (κ1) is 48.0. The Hall–Kier alpha value is -1.99. The normalized spacial score (nSPS) is 27.8. The zero-order chi connectivity index (χ0) is 44.7. The van der Waals surface area contributed by atoms with E-state index >= 15 is 0 Å². The Bertz CT molecular complexity index is 1370. The number of hydrogen-bond donors (Lipinski definition) is 2. The summed E-state index contributed by atoms with van der Waals surface area (Å²) in [5, 5.41) is 64.6. The van der Waals surface area contributed by atoms with Gasteiger partial charge in [-0.1, -0.05) is 20.3 Å². The summed E-state index contributed by atoms with van der Waals surface area (Å²) in [6.07, 6.45) is 5.62. The molecule has 1 aromatic heterocycles. The molecular formula is C43H86N10O6+4. The summed E-state index contributed by atoms with van der Waals surface area (Å²) >= 11 is 0. The fraction of sp³-hybridized carbons (Fsp3) is 0.930. The molecule has 59 heavy (non-hydrogen) atoms. The highest BCUT2D eigenvalue weighted by Gasteiger charge is 2.58. The lowest BCUT2D eigenvalue weighted by Crippen LogP contribution is -2.68. The molecule has 5 heterocycles. The van der Waals surface area contributed by atoms with Gasteiger partial charge in [-0.05, 0) is 162 Å². The van der Waals surface area contributed by atoms with E-state index in [1.807, 2.05) is 4.90 Å². The summed E-state index contributed by atoms with van der Waals surface area (Å²) in [7, 11) is 0. The predicted octanol–water partition coefficient (Wildman–Crippen LogP) is 2.92. The molecule has 4 fully saturated rings. The number of hydrogen-bond acceptors (Lipinski definition) is 12. The van der Waals surface area contributed by atoms with Gasteiger partial charge in [0.2, 0.25) is 17.8 Å². The molecule has 16 heteroatoms. The highest BCUT2D eigenvalue weighted by atomic mass is 16.5. The number of nitrogens with zero attached hydrogens (tertiary/aromatic N) is 10. The van der Waals surface area contributed by atoms with E-state index in [1.54, 1.807) is 20.3 Å². The number of aliphatic hydroxyl groups is 2. The van der Waals surface area contributed by atoms with Gasteiger partial charge >= 0.3 is 0 Å². The van der Waals surface area contributed by atoms with Crippen LogP contribution < -0.4 is 14.7 Å². The van der Waals surface area contributed by atoms with Gasteiger partial charge in [0.05, 0.1) is 57.5 Å². The van der Waals surface area contributed by atoms with Crippen LogP contribution in [0.2, 0.25) is 0 Å². The van der Waals surface area contributed by atoms with E-state index in [0.29, 0.717) is 69.2 Å². The van der Waals surface area contributed by atoms with Crippen molar-refractivity contribution in [2.75, 3.05) is 41.0 Å². The predicted molar refractivity (Wildman–Crippen MR) is 238 cm³/mol. The largest absolute Gasteiger partial charge is 0.395 e. The average Bonchev–Trinajstić information content (AvgIpc) is 3.06. The van der Waals surface area contributed by atoms with E-state index in [4.69, 9.17) is 15.0 Å². The number of aliphatic hydroxyl groups excluding tert-OH is 2. The quantitative estimate of drug-likeness (QED) is 0.310. The minimum absolute atomic E-state index is 0.0509. The molecule has 340 valence electrons. The van der Waals surface area contributed by atoms with Crippen LogP contribution in [0.25, 0.3) is 0 Å². The van der Waals surface area contributed by atoms with Crippen LogP contribution in [0.15, 0.2) is 0 Å². The van der Waals surface area contributed by atoms with Gasteiger partial charge < -0.3 is 45.7 Å². The molecule has 10 N–H and O–H groups in total. The minimum Gasteiger partial charge on any atom is -0.395 e. The lowest BCUT2D eigenvalue weighted by molar-refractivity contribution is -0.251. The maximum absolute atomic E-state index is 10.4. The molecule has 0 aromatic carbocycles. The third-order valence-electron chi connectivity index (χ3n) is 14.4. The second-order valence-electron chi connectivity index (χ2n) is 23.6. The van der Waals surface area contributed by atoms with Crippen molar-refractivity contribution in [3.8, 4) is 0 Å². The fourth-order valence-electron chi connectivity index (χ4n) is 12.2. The molecule has 4 saturated heterocycles. The van der Waals surface area contributed by atoms with Gasteiger partial charge in [-0.3, -0.25) is 0 Å². The Morgan fingerprint density at radius 1 is 0.407 bits per heavy atom. The van der Waals surface area contributed by atoms with Crippen LogP contribution in [0.1, 0.15) is 162 Å². The Labute approximate surface area is 355 Å². The Morgan fingerprint density at radius 2 is 0.593 bits per heavy atom. The SMILES string of the molecule is CC1(C)CC(N(c2nc(N(CCO)CCO)nc(N(C3CC(C)(C)N([OH2+])C(C)(C)C3)C3CC(C)(C)N([OH2+])C(C)(C)C3)n2)C2CC(C)(C)N([OH2+])C(C)(C)C2)CC(C)(C)N1[OH2+]. The zero-order valence-corrected chi connectivity index (χ0v) is 39.7. The van der Waals surface area contributed by atoms with E-state index in [0.717, 1.165) is 0 Å². The van der Waals surface area contributed by atoms with Gasteiger partial charge in [0, 0.05) is 37.3 Å². The van der Waals surface area contributed by atoms with Gasteiger partial charge in [-0.2, -0.15) is 15.0 Å². The molecule has 5 rings (SSSR count). The van der Waals surface area contributed by atoms with Crippen molar-refractivity contribution in [2.24, 2.45) is 0 Å². The molecule has 0 radical (unpaired) electrons. The highest BCUT2D eigenvalue weighted by molar-refractivity contribution is 5.50. The first-order chi connectivity index (χ1) is 26.7. The standard InChI is InChI=1S/C43H82N10O6/c1-36(2)21-29(22-37(3,4)50(36)56)48(30-23-38(5,6)51(57)39(7,8)24-30)34-44-33(47(17-19-54)18-20-55)45-35(46-34)49(31-25-40(9,10)52(58)41(11,12)26-31)32-27-42(13,14)53(59)43(15,16)28-32/h29-32,54-59H,17-28H2,1-16H3/p+4. The molecule has 0 bridgehead atoms. The Morgan fingerprint density at radius 3 is 0.780 bits per heavy atom. The summed E-state index contributed by atoms with van der Waals surface area (Å²) < 4.78 is 0. The molecule has 1 aromatic rings. The molecule has 0 amide bonds. The van der Waals surface area contributed by atoms with Crippen molar-refractivity contribution in [3.63, 3.8) is 0 Å². The molecule has 0 atom stereocenters. The maximum Gasteiger partial charge on any atom is 0.232 e. The first-order valence-corrected chi connectivity index (χ1v) is 22.1. The third kappa shape index (κ3) is 9.38. The third-order valence-corrected chi connectivity index (χ3v) is 14.4. The van der Waals surface area contributed by atoms with Crippen molar-refractivity contribution < 1.29 is 31.0 Å². The topological polar surface area (TPSA) is 193 Å². The van der Waals surface area contributed by atoms with E-state index in [1.165, 1.54) is 0 Å². The van der Waals surface area contributed by atoms with Gasteiger partial charge in [-0.25, -0.2) is 0 Å². The lowest BCUT2D eigenvalue weighted by Gasteiger charge is -2.56. The van der Waals surface area contributed by atoms with Crippen LogP contribution >= 0.6 is 0 Å². The zero-order valence-electron chi connectivity index (χ0n) is 39.7. The van der Waals surface area contributed by atoms with Crippen LogP contribution in [0.5, 0.6) is 0 Å². The second kappa shape index (κ2) is 16.0. The Kier molecular flexibility index (Phi) is 13.0. The number of rotatable bonds is 11. The van der Waals surface area contributed by atoms with E-state index in [9.17, 15) is 31.0 Å². The molecule has 0 spiro atoms. The molecule has 0 aliphatic carbocycles. The number of anilines is 3. The number of aromatic nitrogens is 3. The summed E-state index contributed by atoms with van der Waals surface area (Å²) in [5.41, 5.74) is -3.67. The average molecular weight is 839 g/mol. The van der Waals surface area contributed by atoms with Crippen LogP contribution in [-0.2, 0) is 0 Å². The summed E-state index contributed by atoms with van der Waals surface area (Å²) in [6, 6.07) is -0.204. The van der Waals surface area contributed by atoms with Gasteiger partial charge in [0.25, 0.3) is 0 Å². The second-order valence-corrected chi connectivity index (χ2v) is 23.6. The smallest absolute Gasteiger partial charge is 0.232 e. The van der Waals surface area contributed by atoms with Crippen molar-refractivity contribution in [3.05, 3.63) is 0 Å². The number of piperidine rings is 4. The molecule has 16 nitrogen and oxygen atoms in total. The van der Waals surface area contributed by atoms with Crippen LogP contribution in [0, 0.1) is 0 Å². The van der Waals surface area contributed by atoms with Gasteiger partial charge in [-0.15, -0.1) is 0 Å². The maximum atomic E-state index is 10.4.